The van der Waals surface area contributed by atoms with Crippen LogP contribution in [-0.4, -0.2) is 144 Å². The summed E-state index contributed by atoms with van der Waals surface area (Å²) >= 11 is 1.40. The number of hydrogen-bond acceptors (Lipinski definition) is 16. The molecule has 3 N–H and O–H groups in total. The molecule has 4 aliphatic rings. The van der Waals surface area contributed by atoms with Crippen molar-refractivity contribution in [2.45, 2.75) is 68.8 Å². The van der Waals surface area contributed by atoms with Crippen LogP contribution in [0.15, 0.2) is 96.0 Å². The summed E-state index contributed by atoms with van der Waals surface area (Å²) in [6.07, 6.45) is 3.12. The molecule has 0 saturated carbocycles. The Balaban J connectivity index is 1.02. The van der Waals surface area contributed by atoms with Gasteiger partial charge in [0.2, 0.25) is 17.7 Å². The monoisotopic (exact) mass is 1110 g/mol. The van der Waals surface area contributed by atoms with E-state index in [1.54, 1.807) is 48.2 Å². The van der Waals surface area contributed by atoms with Gasteiger partial charge in [0.05, 0.1) is 81.0 Å². The van der Waals surface area contributed by atoms with Crippen molar-refractivity contribution in [1.29, 1.82) is 0 Å². The molecule has 1 saturated heterocycles. The highest BCUT2D eigenvalue weighted by molar-refractivity contribution is 8.02. The average Bonchev–Trinajstić information content (AvgIpc) is 4.25. The lowest BCUT2D eigenvalue weighted by molar-refractivity contribution is -0.138. The molecule has 5 aromatic rings. The zero-order chi connectivity index (χ0) is 56.5. The molecule has 0 spiro atoms. The van der Waals surface area contributed by atoms with Gasteiger partial charge in [0, 0.05) is 99.8 Å². The first-order valence-corrected chi connectivity index (χ1v) is 27.6. The highest BCUT2D eigenvalue weighted by Crippen LogP contribution is 2.43. The summed E-state index contributed by atoms with van der Waals surface area (Å²) in [6.45, 7) is 7.44. The summed E-state index contributed by atoms with van der Waals surface area (Å²) in [4.78, 5) is 78.5. The third-order valence-electron chi connectivity index (χ3n) is 14.4. The van der Waals surface area contributed by atoms with Crippen LogP contribution in [0, 0.1) is 0 Å². The van der Waals surface area contributed by atoms with Crippen LogP contribution < -0.4 is 44.7 Å². The number of thioether (sulfide) groups is 1. The number of likely N-dealkylation sites (tertiary alicyclic amines) is 1. The number of amides is 5. The maximum absolute atomic E-state index is 14.2. The van der Waals surface area contributed by atoms with E-state index in [1.165, 1.54) is 26.0 Å². The second kappa shape index (κ2) is 25.6. The van der Waals surface area contributed by atoms with E-state index in [1.807, 2.05) is 86.8 Å². The van der Waals surface area contributed by atoms with Crippen molar-refractivity contribution in [3.8, 4) is 23.0 Å². The lowest BCUT2D eigenvalue weighted by atomic mass is 10.1. The Morgan fingerprint density at radius 3 is 2.15 bits per heavy atom. The number of carbonyl (C=O) groups excluding carboxylic acids is 5. The molecule has 5 amide bonds. The van der Waals surface area contributed by atoms with Crippen molar-refractivity contribution in [2.75, 3.05) is 108 Å². The Labute approximate surface area is 470 Å². The van der Waals surface area contributed by atoms with Crippen LogP contribution >= 0.6 is 11.8 Å². The van der Waals surface area contributed by atoms with E-state index < -0.39 is 15.9 Å². The van der Waals surface area contributed by atoms with Gasteiger partial charge in [-0.3, -0.25) is 38.8 Å². The van der Waals surface area contributed by atoms with Crippen molar-refractivity contribution in [2.24, 2.45) is 10.7 Å². The van der Waals surface area contributed by atoms with Gasteiger partial charge >= 0.3 is 0 Å². The number of nitrogens with one attached hydrogen (secondary N) is 1. The molecular formula is C60H69N7O12S. The molecule has 9 rings (SSSR count). The molecule has 5 aromatic carbocycles. The van der Waals surface area contributed by atoms with Gasteiger partial charge in [-0.15, -0.1) is 11.8 Å². The molecule has 1 unspecified atom stereocenters. The zero-order valence-corrected chi connectivity index (χ0v) is 46.9. The van der Waals surface area contributed by atoms with E-state index in [4.69, 9.17) is 43.9 Å². The van der Waals surface area contributed by atoms with Gasteiger partial charge in [0.15, 0.2) is 23.0 Å². The summed E-state index contributed by atoms with van der Waals surface area (Å²) in [5.74, 6) is -0.100. The number of aliphatic imine (C=N–C) groups is 1. The number of methoxy groups -OCH3 is 3. The van der Waals surface area contributed by atoms with E-state index in [9.17, 15) is 24.0 Å². The number of anilines is 4. The first-order chi connectivity index (χ1) is 38.7. The average molecular weight is 1110 g/mol. The minimum absolute atomic E-state index is 0.00465. The molecule has 422 valence electrons. The summed E-state index contributed by atoms with van der Waals surface area (Å²) < 4.78 is 41.3. The predicted molar refractivity (Wildman–Crippen MR) is 308 cm³/mol. The molecule has 1 fully saturated rings. The number of hydrogen-bond donors (Lipinski definition) is 2. The number of carbonyl (C=O) groups is 5. The smallest absolute Gasteiger partial charge is 0.261 e. The number of para-hydroxylation sites is 2. The van der Waals surface area contributed by atoms with Gasteiger partial charge in [-0.25, -0.2) is 0 Å². The van der Waals surface area contributed by atoms with Crippen LogP contribution in [0.1, 0.15) is 69.7 Å². The van der Waals surface area contributed by atoms with Crippen molar-refractivity contribution < 1.29 is 57.1 Å². The molecule has 0 bridgehead atoms. The first-order valence-electron chi connectivity index (χ1n) is 26.7. The van der Waals surface area contributed by atoms with Crippen molar-refractivity contribution in [1.82, 2.24) is 4.90 Å². The first kappa shape index (κ1) is 57.0. The molecule has 4 aliphatic heterocycles. The molecule has 80 heavy (non-hydrogen) atoms. The number of fused-ring (bicyclic) bond motifs is 5. The van der Waals surface area contributed by atoms with Gasteiger partial charge < -0.3 is 54.0 Å². The summed E-state index contributed by atoms with van der Waals surface area (Å²) in [6, 6.07) is 28.5. The second-order valence-corrected chi connectivity index (χ2v) is 22.3. The molecule has 0 aliphatic carbocycles. The maximum atomic E-state index is 14.2. The third kappa shape index (κ3) is 13.0. The van der Waals surface area contributed by atoms with Gasteiger partial charge in [0.1, 0.15) is 13.2 Å². The van der Waals surface area contributed by atoms with Crippen LogP contribution in [0.2, 0.25) is 0 Å². The van der Waals surface area contributed by atoms with Crippen LogP contribution in [0.5, 0.6) is 23.0 Å². The van der Waals surface area contributed by atoms with E-state index >= 15 is 0 Å². The number of benzene rings is 5. The standard InChI is InChI=1S/C60H69N7O12S/c1-60(2,80-54-33-56(69)66(59(54)72)18-16-55(61)68)37-64(19-20-76-23-24-77-22-21-73-4)42-26-38(35-78-52-31-46(62-3)44(29-50(52)74-5)57(70)65-17-15-40-11-7-9-13-48(40)65)25-39(27-42)36-79-53-32-47-45(30-51(53)75-6)58(71)67-43(34-63-47)28-41-12-8-10-14-49(41)67/h7-14,25-27,29-32,34,43,54,62H,15-24,28,33,35-37H2,1-6H3,(H2,61,68)/t43-,54?/m0/s1. The molecular weight excluding hydrogens is 1040 g/mol. The van der Waals surface area contributed by atoms with Crippen LogP contribution in [0.3, 0.4) is 0 Å². The molecule has 0 radical (unpaired) electrons. The minimum atomic E-state index is -0.662. The van der Waals surface area contributed by atoms with E-state index in [0.29, 0.717) is 105 Å². The summed E-state index contributed by atoms with van der Waals surface area (Å²) in [7, 11) is 6.44. The normalized spacial score (nSPS) is 16.3. The van der Waals surface area contributed by atoms with Crippen molar-refractivity contribution >= 4 is 75.9 Å². The molecule has 4 heterocycles. The van der Waals surface area contributed by atoms with Crippen molar-refractivity contribution in [3.05, 3.63) is 124 Å². The number of imide groups is 1. The van der Waals surface area contributed by atoms with Crippen molar-refractivity contribution in [3.63, 3.8) is 0 Å². The van der Waals surface area contributed by atoms with Gasteiger partial charge in [-0.2, -0.15) is 0 Å². The van der Waals surface area contributed by atoms with E-state index in [0.717, 1.165) is 50.6 Å². The summed E-state index contributed by atoms with van der Waals surface area (Å²) in [5.41, 5.74) is 13.5. The number of primary amides is 1. The maximum Gasteiger partial charge on any atom is 0.261 e. The molecule has 0 aromatic heterocycles. The van der Waals surface area contributed by atoms with Crippen LogP contribution in [0.25, 0.3) is 0 Å². The Morgan fingerprint density at radius 2 is 1.45 bits per heavy atom. The zero-order valence-electron chi connectivity index (χ0n) is 46.1. The number of rotatable bonds is 27. The fourth-order valence-electron chi connectivity index (χ4n) is 10.5. The number of ether oxygens (including phenoxy) is 7. The number of nitrogens with zero attached hydrogens (tertiary/aromatic N) is 5. The van der Waals surface area contributed by atoms with Crippen LogP contribution in [0.4, 0.5) is 28.4 Å². The Kier molecular flexibility index (Phi) is 18.3. The molecule has 2 atom stereocenters. The Hall–Kier alpha value is -7.65. The molecule has 19 nitrogen and oxygen atoms in total. The fourth-order valence-corrected chi connectivity index (χ4v) is 12.0. The SMILES string of the molecule is CNc1cc(OCc2cc(COc3cc4c(cc3OC)C(=O)N3c5ccccc5C[C@H]3C=N4)cc(N(CCOCCOCCOC)CC(C)(C)SC3CC(=O)N(CCC(N)=O)C3=O)c2)c(OC)cc1C(=O)N1CCc2ccccc21. The molecule has 20 heteroatoms. The summed E-state index contributed by atoms with van der Waals surface area (Å²) in [5, 5.41) is 2.54. The topological polar surface area (TPSA) is 213 Å². The van der Waals surface area contributed by atoms with E-state index in [2.05, 4.69) is 10.2 Å². The minimum Gasteiger partial charge on any atom is -0.493 e. The van der Waals surface area contributed by atoms with Gasteiger partial charge in [-0.1, -0.05) is 36.4 Å². The second-order valence-electron chi connectivity index (χ2n) is 20.4. The highest BCUT2D eigenvalue weighted by Gasteiger charge is 2.42. The fraction of sp³-hybridized carbons (Fsp3) is 0.400. The lowest BCUT2D eigenvalue weighted by Crippen LogP contribution is -2.41. The highest BCUT2D eigenvalue weighted by atomic mass is 32.2. The predicted octanol–water partition coefficient (Wildman–Crippen LogP) is 7.39. The Morgan fingerprint density at radius 1 is 0.787 bits per heavy atom. The van der Waals surface area contributed by atoms with Gasteiger partial charge in [0.25, 0.3) is 11.8 Å². The van der Waals surface area contributed by atoms with E-state index in [-0.39, 0.29) is 62.3 Å². The Bertz CT molecular complexity index is 3150. The van der Waals surface area contributed by atoms with Crippen LogP contribution in [-0.2, 0) is 54.6 Å². The third-order valence-corrected chi connectivity index (χ3v) is 15.8. The quantitative estimate of drug-likeness (QED) is 0.0388. The largest absolute Gasteiger partial charge is 0.493 e. The van der Waals surface area contributed by atoms with Gasteiger partial charge in [-0.05, 0) is 85.0 Å². The number of nitrogens with two attached hydrogens (primary N) is 1. The lowest BCUT2D eigenvalue weighted by Gasteiger charge is -2.35.